The van der Waals surface area contributed by atoms with Gasteiger partial charge in [-0.2, -0.15) is 0 Å². The van der Waals surface area contributed by atoms with E-state index < -0.39 is 17.1 Å². The van der Waals surface area contributed by atoms with Crippen molar-refractivity contribution in [2.45, 2.75) is 16.4 Å². The van der Waals surface area contributed by atoms with Crippen molar-refractivity contribution in [3.05, 3.63) is 89.2 Å². The Morgan fingerprint density at radius 3 is 2.59 bits per heavy atom. The second-order valence-corrected chi connectivity index (χ2v) is 9.06. The average molecular weight is 496 g/mol. The molecule has 10 heteroatoms. The van der Waals surface area contributed by atoms with E-state index in [1.807, 2.05) is 54.6 Å². The number of hydrogen-bond donors (Lipinski definition) is 2. The van der Waals surface area contributed by atoms with Crippen molar-refractivity contribution >= 4 is 35.0 Å². The standard InChI is InChI=1S/C24H19ClFN5O2S/c1-33-17-10-7-14(8-11-17)20-21(23(32)27-16-9-12-19(26)18(25)13-16)34-24-29-28-22(31(24)30-20)15-5-3-2-4-6-15/h2-13,20-21,30H,1H3,(H,27,32). The van der Waals surface area contributed by atoms with E-state index in [0.717, 1.165) is 11.1 Å². The maximum atomic E-state index is 13.6. The van der Waals surface area contributed by atoms with Crippen LogP contribution in [-0.4, -0.2) is 33.1 Å². The molecule has 34 heavy (non-hydrogen) atoms. The van der Waals surface area contributed by atoms with Gasteiger partial charge in [-0.05, 0) is 35.9 Å². The minimum absolute atomic E-state index is 0.0637. The molecule has 4 aromatic rings. The number of nitrogens with zero attached hydrogens (tertiary/aromatic N) is 3. The molecule has 2 N–H and O–H groups in total. The van der Waals surface area contributed by atoms with Gasteiger partial charge < -0.3 is 15.5 Å². The Hall–Kier alpha value is -3.56. The molecule has 3 aromatic carbocycles. The van der Waals surface area contributed by atoms with Crippen molar-refractivity contribution < 1.29 is 13.9 Å². The van der Waals surface area contributed by atoms with Crippen LogP contribution in [0.2, 0.25) is 5.02 Å². The van der Waals surface area contributed by atoms with Crippen LogP contribution < -0.4 is 15.5 Å². The summed E-state index contributed by atoms with van der Waals surface area (Å²) in [6.45, 7) is 0. The molecular formula is C24H19ClFN5O2S. The summed E-state index contributed by atoms with van der Waals surface area (Å²) in [7, 11) is 1.60. The van der Waals surface area contributed by atoms with Crippen molar-refractivity contribution in [2.24, 2.45) is 0 Å². The third-order valence-electron chi connectivity index (χ3n) is 5.39. The Balaban J connectivity index is 1.50. The molecule has 1 aliphatic heterocycles. The fraction of sp³-hybridized carbons (Fsp3) is 0.125. The van der Waals surface area contributed by atoms with Gasteiger partial charge in [0.05, 0.1) is 18.2 Å². The van der Waals surface area contributed by atoms with Crippen LogP contribution in [0.15, 0.2) is 78.0 Å². The van der Waals surface area contributed by atoms with Crippen LogP contribution in [0.5, 0.6) is 5.75 Å². The van der Waals surface area contributed by atoms with Gasteiger partial charge in [-0.15, -0.1) is 10.2 Å². The topological polar surface area (TPSA) is 81.1 Å². The predicted molar refractivity (Wildman–Crippen MR) is 130 cm³/mol. The highest BCUT2D eigenvalue weighted by atomic mass is 35.5. The van der Waals surface area contributed by atoms with Gasteiger partial charge in [0.1, 0.15) is 16.8 Å². The number of carbonyl (C=O) groups excluding carboxylic acids is 1. The van der Waals surface area contributed by atoms with Crippen molar-refractivity contribution in [3.8, 4) is 17.1 Å². The van der Waals surface area contributed by atoms with Crippen molar-refractivity contribution in [3.63, 3.8) is 0 Å². The lowest BCUT2D eigenvalue weighted by Gasteiger charge is -2.33. The molecule has 0 bridgehead atoms. The summed E-state index contributed by atoms with van der Waals surface area (Å²) in [5.74, 6) is 0.525. The monoisotopic (exact) mass is 495 g/mol. The van der Waals surface area contributed by atoms with Crippen LogP contribution >= 0.6 is 23.4 Å². The molecule has 1 aromatic heterocycles. The van der Waals surface area contributed by atoms with E-state index >= 15 is 0 Å². The van der Waals surface area contributed by atoms with Gasteiger partial charge in [0.2, 0.25) is 11.1 Å². The highest BCUT2D eigenvalue weighted by Crippen LogP contribution is 2.39. The molecule has 5 rings (SSSR count). The van der Waals surface area contributed by atoms with Gasteiger partial charge in [0.15, 0.2) is 5.82 Å². The smallest absolute Gasteiger partial charge is 0.240 e. The number of carbonyl (C=O) groups is 1. The van der Waals surface area contributed by atoms with Gasteiger partial charge in [0.25, 0.3) is 0 Å². The number of aromatic nitrogens is 3. The zero-order valence-electron chi connectivity index (χ0n) is 17.9. The molecule has 0 aliphatic carbocycles. The second kappa shape index (κ2) is 9.36. The fourth-order valence-electron chi connectivity index (χ4n) is 3.68. The van der Waals surface area contributed by atoms with Crippen molar-refractivity contribution in [2.75, 3.05) is 17.9 Å². The summed E-state index contributed by atoms with van der Waals surface area (Å²) in [6, 6.07) is 20.8. The Morgan fingerprint density at radius 1 is 1.12 bits per heavy atom. The first-order valence-corrected chi connectivity index (χ1v) is 11.6. The third kappa shape index (κ3) is 4.32. The molecule has 1 amide bonds. The average Bonchev–Trinajstić information content (AvgIpc) is 3.29. The zero-order valence-corrected chi connectivity index (χ0v) is 19.5. The highest BCUT2D eigenvalue weighted by molar-refractivity contribution is 8.00. The molecular weight excluding hydrogens is 477 g/mol. The van der Waals surface area contributed by atoms with E-state index in [4.69, 9.17) is 16.3 Å². The lowest BCUT2D eigenvalue weighted by molar-refractivity contribution is -0.116. The molecule has 0 radical (unpaired) electrons. The maximum absolute atomic E-state index is 13.6. The lowest BCUT2D eigenvalue weighted by atomic mass is 10.0. The number of hydrogen-bond acceptors (Lipinski definition) is 6. The Labute approximate surface area is 204 Å². The van der Waals surface area contributed by atoms with Crippen LogP contribution in [-0.2, 0) is 4.79 Å². The van der Waals surface area contributed by atoms with Gasteiger partial charge in [-0.25, -0.2) is 9.07 Å². The minimum atomic E-state index is -0.599. The molecule has 2 heterocycles. The predicted octanol–water partition coefficient (Wildman–Crippen LogP) is 5.14. The molecule has 2 unspecified atom stereocenters. The van der Waals surface area contributed by atoms with E-state index in [1.165, 1.54) is 30.0 Å². The van der Waals surface area contributed by atoms with Crippen LogP contribution in [0, 0.1) is 5.82 Å². The fourth-order valence-corrected chi connectivity index (χ4v) is 4.94. The van der Waals surface area contributed by atoms with E-state index in [9.17, 15) is 9.18 Å². The number of ether oxygens (including phenoxy) is 1. The van der Waals surface area contributed by atoms with Gasteiger partial charge in [-0.1, -0.05) is 65.8 Å². The largest absolute Gasteiger partial charge is 0.497 e. The SMILES string of the molecule is COc1ccc(C2Nn3c(nnc3-c3ccccc3)SC2C(=O)Nc2ccc(F)c(Cl)c2)cc1. The summed E-state index contributed by atoms with van der Waals surface area (Å²) in [5, 5.41) is 11.4. The summed E-state index contributed by atoms with van der Waals surface area (Å²) in [6.07, 6.45) is 0. The number of anilines is 1. The zero-order chi connectivity index (χ0) is 23.7. The lowest BCUT2D eigenvalue weighted by Crippen LogP contribution is -2.41. The third-order valence-corrected chi connectivity index (χ3v) is 6.89. The summed E-state index contributed by atoms with van der Waals surface area (Å²) in [5.41, 5.74) is 5.60. The normalized spacial score (nSPS) is 16.9. The highest BCUT2D eigenvalue weighted by Gasteiger charge is 2.38. The van der Waals surface area contributed by atoms with Crippen LogP contribution in [0.4, 0.5) is 10.1 Å². The molecule has 172 valence electrons. The first-order valence-electron chi connectivity index (χ1n) is 10.4. The molecule has 1 aliphatic rings. The second-order valence-electron chi connectivity index (χ2n) is 7.54. The number of methoxy groups -OCH3 is 1. The van der Waals surface area contributed by atoms with Crippen molar-refractivity contribution in [1.82, 2.24) is 14.9 Å². The van der Waals surface area contributed by atoms with E-state index in [-0.39, 0.29) is 10.9 Å². The number of benzene rings is 3. The quantitative estimate of drug-likeness (QED) is 0.399. The number of halogens is 2. The Kier molecular flexibility index (Phi) is 6.12. The van der Waals surface area contributed by atoms with E-state index in [2.05, 4.69) is 20.9 Å². The molecule has 0 spiro atoms. The summed E-state index contributed by atoms with van der Waals surface area (Å²) < 4.78 is 20.6. The number of nitrogens with one attached hydrogen (secondary N) is 2. The van der Waals surface area contributed by atoms with Crippen molar-refractivity contribution in [1.29, 1.82) is 0 Å². The van der Waals surface area contributed by atoms with E-state index in [0.29, 0.717) is 22.4 Å². The van der Waals surface area contributed by atoms with Crippen LogP contribution in [0.25, 0.3) is 11.4 Å². The number of amides is 1. The molecule has 0 fully saturated rings. The van der Waals surface area contributed by atoms with Gasteiger partial charge in [-0.3, -0.25) is 4.79 Å². The number of thioether (sulfide) groups is 1. The van der Waals surface area contributed by atoms with Gasteiger partial charge in [0, 0.05) is 11.3 Å². The summed E-state index contributed by atoms with van der Waals surface area (Å²) >= 11 is 7.18. The Bertz CT molecular complexity index is 1330. The first kappa shape index (κ1) is 22.2. The number of fused-ring (bicyclic) bond motifs is 1. The number of rotatable bonds is 5. The molecule has 2 atom stereocenters. The van der Waals surface area contributed by atoms with Gasteiger partial charge >= 0.3 is 0 Å². The van der Waals surface area contributed by atoms with Crippen LogP contribution in [0.1, 0.15) is 11.6 Å². The summed E-state index contributed by atoms with van der Waals surface area (Å²) in [4.78, 5) is 13.4. The maximum Gasteiger partial charge on any atom is 0.240 e. The molecule has 0 saturated carbocycles. The Morgan fingerprint density at radius 2 is 1.88 bits per heavy atom. The molecule has 0 saturated heterocycles. The van der Waals surface area contributed by atoms with E-state index in [1.54, 1.807) is 11.8 Å². The minimum Gasteiger partial charge on any atom is -0.497 e. The van der Waals surface area contributed by atoms with Crippen LogP contribution in [0.3, 0.4) is 0 Å². The molecule has 7 nitrogen and oxygen atoms in total. The first-order chi connectivity index (χ1) is 16.5.